The van der Waals surface area contributed by atoms with Gasteiger partial charge in [-0.25, -0.2) is 8.42 Å². The highest BCUT2D eigenvalue weighted by molar-refractivity contribution is 7.91. The second kappa shape index (κ2) is 4.09. The molecule has 0 aromatic rings. The summed E-state index contributed by atoms with van der Waals surface area (Å²) in [5.41, 5.74) is -0.702. The largest absolute Gasteiger partial charge is 0.394 e. The molecule has 6 heteroatoms. The summed E-state index contributed by atoms with van der Waals surface area (Å²) in [5, 5.41) is 9.14. The molecule has 1 aliphatic heterocycles. The number of amides is 1. The first-order valence-electron chi connectivity index (χ1n) is 4.87. The van der Waals surface area contributed by atoms with Crippen molar-refractivity contribution in [2.24, 2.45) is 0 Å². The molecule has 0 aromatic carbocycles. The van der Waals surface area contributed by atoms with Crippen LogP contribution in [0.4, 0.5) is 0 Å². The summed E-state index contributed by atoms with van der Waals surface area (Å²) in [6.45, 7) is 3.25. The molecule has 1 aliphatic rings. The van der Waals surface area contributed by atoms with E-state index in [0.717, 1.165) is 0 Å². The number of aliphatic hydroxyl groups is 1. The van der Waals surface area contributed by atoms with E-state index in [2.05, 4.69) is 0 Å². The molecule has 1 rings (SSSR count). The van der Waals surface area contributed by atoms with E-state index in [0.29, 0.717) is 12.8 Å². The number of hydrogen-bond donors (Lipinski definition) is 1. The van der Waals surface area contributed by atoms with Crippen LogP contribution in [0.15, 0.2) is 0 Å². The van der Waals surface area contributed by atoms with Crippen LogP contribution in [-0.4, -0.2) is 54.5 Å². The van der Waals surface area contributed by atoms with Crippen molar-refractivity contribution in [2.75, 3.05) is 18.1 Å². The predicted octanol–water partition coefficient (Wildman–Crippen LogP) is -0.597. The van der Waals surface area contributed by atoms with Crippen molar-refractivity contribution < 1.29 is 18.3 Å². The van der Waals surface area contributed by atoms with Crippen molar-refractivity contribution in [1.82, 2.24) is 4.90 Å². The standard InChI is InChI=1S/C9H17NO4S/c1-9(2,6-11)10(7-12)8-3-4-15(13,14)5-8/h7-8,11H,3-6H2,1-2H3. The van der Waals surface area contributed by atoms with E-state index >= 15 is 0 Å². The first kappa shape index (κ1) is 12.4. The zero-order chi connectivity index (χ0) is 11.7. The van der Waals surface area contributed by atoms with Gasteiger partial charge in [-0.05, 0) is 20.3 Å². The van der Waals surface area contributed by atoms with Crippen LogP contribution in [0.1, 0.15) is 20.3 Å². The van der Waals surface area contributed by atoms with Crippen molar-refractivity contribution in [3.8, 4) is 0 Å². The lowest BCUT2D eigenvalue weighted by Crippen LogP contribution is -2.51. The van der Waals surface area contributed by atoms with Crippen molar-refractivity contribution >= 4 is 16.2 Å². The molecule has 88 valence electrons. The number of sulfone groups is 1. The first-order valence-corrected chi connectivity index (χ1v) is 6.69. The fourth-order valence-electron chi connectivity index (χ4n) is 1.80. The highest BCUT2D eigenvalue weighted by Crippen LogP contribution is 2.23. The molecular weight excluding hydrogens is 218 g/mol. The van der Waals surface area contributed by atoms with Gasteiger partial charge in [0, 0.05) is 6.04 Å². The number of nitrogens with zero attached hydrogens (tertiary/aromatic N) is 1. The Morgan fingerprint density at radius 2 is 2.13 bits per heavy atom. The van der Waals surface area contributed by atoms with Crippen molar-refractivity contribution in [2.45, 2.75) is 31.8 Å². The highest BCUT2D eigenvalue weighted by atomic mass is 32.2. The van der Waals surface area contributed by atoms with Crippen molar-refractivity contribution in [1.29, 1.82) is 0 Å². The van der Waals surface area contributed by atoms with Gasteiger partial charge in [0.1, 0.15) is 0 Å². The SMILES string of the molecule is CC(C)(CO)N(C=O)C1CCS(=O)(=O)C1. The summed E-state index contributed by atoms with van der Waals surface area (Å²) in [5.74, 6) is 0.138. The third-order valence-corrected chi connectivity index (χ3v) is 4.55. The minimum atomic E-state index is -3.00. The molecule has 0 bridgehead atoms. The molecule has 1 N–H and O–H groups in total. The van der Waals surface area contributed by atoms with Gasteiger partial charge < -0.3 is 10.0 Å². The Balaban J connectivity index is 2.82. The third kappa shape index (κ3) is 2.69. The molecule has 0 spiro atoms. The number of carbonyl (C=O) groups excluding carboxylic acids is 1. The fraction of sp³-hybridized carbons (Fsp3) is 0.889. The Morgan fingerprint density at radius 3 is 2.47 bits per heavy atom. The van der Waals surface area contributed by atoms with Gasteiger partial charge in [-0.1, -0.05) is 0 Å². The molecule has 5 nitrogen and oxygen atoms in total. The first-order chi connectivity index (χ1) is 6.82. The van der Waals surface area contributed by atoms with E-state index < -0.39 is 15.4 Å². The Hall–Kier alpha value is -0.620. The molecule has 15 heavy (non-hydrogen) atoms. The Morgan fingerprint density at radius 1 is 1.53 bits per heavy atom. The van der Waals surface area contributed by atoms with E-state index in [4.69, 9.17) is 5.11 Å². The maximum absolute atomic E-state index is 11.3. The lowest BCUT2D eigenvalue weighted by molar-refractivity contribution is -0.127. The van der Waals surface area contributed by atoms with Gasteiger partial charge in [0.2, 0.25) is 6.41 Å². The van der Waals surface area contributed by atoms with Gasteiger partial charge in [-0.3, -0.25) is 4.79 Å². The van der Waals surface area contributed by atoms with E-state index in [-0.39, 0.29) is 24.2 Å². The van der Waals surface area contributed by atoms with E-state index in [1.54, 1.807) is 13.8 Å². The summed E-state index contributed by atoms with van der Waals surface area (Å²) < 4.78 is 22.5. The molecule has 0 saturated carbocycles. The molecule has 1 amide bonds. The molecule has 0 aliphatic carbocycles. The van der Waals surface area contributed by atoms with Crippen LogP contribution in [0.3, 0.4) is 0 Å². The maximum atomic E-state index is 11.3. The summed E-state index contributed by atoms with van der Waals surface area (Å²) in [6.07, 6.45) is 1.09. The van der Waals surface area contributed by atoms with Gasteiger partial charge in [0.25, 0.3) is 0 Å². The summed E-state index contributed by atoms with van der Waals surface area (Å²) in [4.78, 5) is 12.3. The normalized spacial score (nSPS) is 25.1. The van der Waals surface area contributed by atoms with Gasteiger partial charge in [0.05, 0.1) is 23.7 Å². The summed E-state index contributed by atoms with van der Waals surface area (Å²) in [7, 11) is -3.00. The average Bonchev–Trinajstić information content (AvgIpc) is 2.47. The Kier molecular flexibility index (Phi) is 3.40. The number of carbonyl (C=O) groups is 1. The Labute approximate surface area is 90.0 Å². The van der Waals surface area contributed by atoms with Gasteiger partial charge in [-0.2, -0.15) is 0 Å². The molecule has 0 radical (unpaired) electrons. The van der Waals surface area contributed by atoms with Crippen LogP contribution in [0.5, 0.6) is 0 Å². The number of rotatable bonds is 4. The highest BCUT2D eigenvalue weighted by Gasteiger charge is 2.37. The van der Waals surface area contributed by atoms with E-state index in [9.17, 15) is 13.2 Å². The van der Waals surface area contributed by atoms with Crippen LogP contribution in [0, 0.1) is 0 Å². The third-order valence-electron chi connectivity index (χ3n) is 2.80. The van der Waals surface area contributed by atoms with Crippen molar-refractivity contribution in [3.05, 3.63) is 0 Å². The molecule has 0 aromatic heterocycles. The average molecular weight is 235 g/mol. The topological polar surface area (TPSA) is 74.7 Å². The smallest absolute Gasteiger partial charge is 0.210 e. The van der Waals surface area contributed by atoms with E-state index in [1.165, 1.54) is 4.90 Å². The zero-order valence-electron chi connectivity index (χ0n) is 9.01. The predicted molar refractivity (Wildman–Crippen MR) is 56.1 cm³/mol. The molecule has 1 fully saturated rings. The Bertz CT molecular complexity index is 336. The summed E-state index contributed by atoms with van der Waals surface area (Å²) >= 11 is 0. The molecular formula is C9H17NO4S. The number of aliphatic hydroxyl groups excluding tert-OH is 1. The molecule has 1 heterocycles. The van der Waals surface area contributed by atoms with E-state index in [1.807, 2.05) is 0 Å². The maximum Gasteiger partial charge on any atom is 0.210 e. The minimum Gasteiger partial charge on any atom is -0.394 e. The minimum absolute atomic E-state index is 0.00910. The number of hydrogen-bond acceptors (Lipinski definition) is 4. The van der Waals surface area contributed by atoms with Crippen molar-refractivity contribution in [3.63, 3.8) is 0 Å². The molecule has 1 saturated heterocycles. The van der Waals surface area contributed by atoms with Gasteiger partial charge >= 0.3 is 0 Å². The van der Waals surface area contributed by atoms with Crippen LogP contribution >= 0.6 is 0 Å². The van der Waals surface area contributed by atoms with Crippen LogP contribution in [0.25, 0.3) is 0 Å². The van der Waals surface area contributed by atoms with Gasteiger partial charge in [-0.15, -0.1) is 0 Å². The van der Waals surface area contributed by atoms with Crippen LogP contribution in [0.2, 0.25) is 0 Å². The monoisotopic (exact) mass is 235 g/mol. The van der Waals surface area contributed by atoms with Gasteiger partial charge in [0.15, 0.2) is 9.84 Å². The summed E-state index contributed by atoms with van der Waals surface area (Å²) in [6, 6.07) is -0.297. The van der Waals surface area contributed by atoms with Crippen LogP contribution < -0.4 is 0 Å². The second-order valence-electron chi connectivity index (χ2n) is 4.54. The molecule has 1 unspecified atom stereocenters. The lowest BCUT2D eigenvalue weighted by Gasteiger charge is -2.38. The lowest BCUT2D eigenvalue weighted by atomic mass is 10.0. The quantitative estimate of drug-likeness (QED) is 0.660. The second-order valence-corrected chi connectivity index (χ2v) is 6.77. The van der Waals surface area contributed by atoms with Crippen LogP contribution in [-0.2, 0) is 14.6 Å². The zero-order valence-corrected chi connectivity index (χ0v) is 9.83. The molecule has 1 atom stereocenters. The fourth-order valence-corrected chi connectivity index (χ4v) is 3.51.